The van der Waals surface area contributed by atoms with Gasteiger partial charge in [-0.05, 0) is 24.7 Å². The highest BCUT2D eigenvalue weighted by Crippen LogP contribution is 2.49. The Morgan fingerprint density at radius 3 is 2.36 bits per heavy atom. The minimum absolute atomic E-state index is 0.450. The van der Waals surface area contributed by atoms with Crippen molar-refractivity contribution < 1.29 is 4.74 Å². The summed E-state index contributed by atoms with van der Waals surface area (Å²) in [6.07, 6.45) is 5.91. The predicted molar refractivity (Wildman–Crippen MR) is 56.2 cm³/mol. The highest BCUT2D eigenvalue weighted by atomic mass is 16.5. The Labute approximate surface area is 86.4 Å². The van der Waals surface area contributed by atoms with Gasteiger partial charge in [0.2, 0.25) is 0 Å². The molecule has 80 valence electrons. The van der Waals surface area contributed by atoms with E-state index in [2.05, 4.69) is 12.2 Å². The third kappa shape index (κ3) is 1.49. The van der Waals surface area contributed by atoms with E-state index in [1.807, 2.05) is 0 Å². The second-order valence-electron chi connectivity index (χ2n) is 5.82. The maximum atomic E-state index is 5.27. The zero-order valence-electron chi connectivity index (χ0n) is 9.09. The van der Waals surface area contributed by atoms with Gasteiger partial charge < -0.3 is 10.1 Å². The highest BCUT2D eigenvalue weighted by molar-refractivity contribution is 5.05. The van der Waals surface area contributed by atoms with E-state index < -0.39 is 0 Å². The lowest BCUT2D eigenvalue weighted by Gasteiger charge is -2.38. The normalized spacial score (nSPS) is 43.9. The lowest BCUT2D eigenvalue weighted by Crippen LogP contribution is -2.48. The second-order valence-corrected chi connectivity index (χ2v) is 5.82. The van der Waals surface area contributed by atoms with E-state index in [1.165, 1.54) is 32.2 Å². The largest absolute Gasteiger partial charge is 0.380 e. The van der Waals surface area contributed by atoms with Gasteiger partial charge in [0.15, 0.2) is 0 Å². The van der Waals surface area contributed by atoms with Crippen LogP contribution in [0.2, 0.25) is 0 Å². The van der Waals surface area contributed by atoms with E-state index >= 15 is 0 Å². The molecule has 3 fully saturated rings. The summed E-state index contributed by atoms with van der Waals surface area (Å²) in [5.41, 5.74) is 0.450. The molecule has 0 radical (unpaired) electrons. The van der Waals surface area contributed by atoms with Gasteiger partial charge in [-0.2, -0.15) is 0 Å². The predicted octanol–water partition coefficient (Wildman–Crippen LogP) is 1.80. The van der Waals surface area contributed by atoms with Crippen molar-refractivity contribution >= 4 is 0 Å². The third-order valence-corrected chi connectivity index (χ3v) is 4.32. The first kappa shape index (κ1) is 9.17. The fourth-order valence-electron chi connectivity index (χ4n) is 3.21. The Morgan fingerprint density at radius 2 is 1.86 bits per heavy atom. The number of rotatable bonds is 3. The number of hydrogen-bond donors (Lipinski definition) is 1. The van der Waals surface area contributed by atoms with Crippen molar-refractivity contribution in [2.75, 3.05) is 19.8 Å². The van der Waals surface area contributed by atoms with Gasteiger partial charge in [-0.25, -0.2) is 0 Å². The quantitative estimate of drug-likeness (QED) is 0.741. The summed E-state index contributed by atoms with van der Waals surface area (Å²) in [6, 6.07) is 0.870. The fraction of sp³-hybridized carbons (Fsp3) is 1.00. The van der Waals surface area contributed by atoms with E-state index in [9.17, 15) is 0 Å². The van der Waals surface area contributed by atoms with E-state index in [0.29, 0.717) is 5.41 Å². The average Bonchev–Trinajstić information content (AvgIpc) is 2.86. The van der Waals surface area contributed by atoms with Crippen LogP contribution in [0, 0.1) is 17.3 Å². The summed E-state index contributed by atoms with van der Waals surface area (Å²) in [5.74, 6) is 2.07. The van der Waals surface area contributed by atoms with Crippen molar-refractivity contribution in [3.05, 3.63) is 0 Å². The summed E-state index contributed by atoms with van der Waals surface area (Å²) in [4.78, 5) is 0. The molecule has 2 aliphatic carbocycles. The molecule has 0 aromatic carbocycles. The molecule has 2 nitrogen and oxygen atoms in total. The molecular weight excluding hydrogens is 174 g/mol. The molecule has 2 atom stereocenters. The molecule has 2 unspecified atom stereocenters. The molecule has 1 saturated heterocycles. The molecule has 1 heterocycles. The molecule has 14 heavy (non-hydrogen) atoms. The number of ether oxygens (including phenoxy) is 1. The zero-order valence-corrected chi connectivity index (χ0v) is 9.09. The Kier molecular flexibility index (Phi) is 2.10. The van der Waals surface area contributed by atoms with Gasteiger partial charge in [-0.1, -0.05) is 19.8 Å². The van der Waals surface area contributed by atoms with Crippen molar-refractivity contribution in [3.8, 4) is 0 Å². The van der Waals surface area contributed by atoms with Crippen molar-refractivity contribution in [1.29, 1.82) is 0 Å². The Balaban J connectivity index is 1.45. The van der Waals surface area contributed by atoms with E-state index in [-0.39, 0.29) is 0 Å². The number of nitrogens with one attached hydrogen (secondary N) is 1. The van der Waals surface area contributed by atoms with Gasteiger partial charge in [-0.3, -0.25) is 0 Å². The second kappa shape index (κ2) is 3.21. The van der Waals surface area contributed by atoms with Crippen LogP contribution in [0.3, 0.4) is 0 Å². The Hall–Kier alpha value is -0.0800. The highest BCUT2D eigenvalue weighted by Gasteiger charge is 2.51. The first-order chi connectivity index (χ1) is 6.79. The van der Waals surface area contributed by atoms with Crippen LogP contribution in [0.4, 0.5) is 0 Å². The van der Waals surface area contributed by atoms with Gasteiger partial charge in [0.25, 0.3) is 0 Å². The number of fused-ring (bicyclic) bond motifs is 1. The minimum atomic E-state index is 0.450. The minimum Gasteiger partial charge on any atom is -0.380 e. The molecule has 0 aromatic rings. The van der Waals surface area contributed by atoms with Gasteiger partial charge >= 0.3 is 0 Å². The summed E-state index contributed by atoms with van der Waals surface area (Å²) >= 11 is 0. The van der Waals surface area contributed by atoms with E-state index in [0.717, 1.165) is 31.1 Å². The molecule has 0 spiro atoms. The Morgan fingerprint density at radius 1 is 1.21 bits per heavy atom. The van der Waals surface area contributed by atoms with Gasteiger partial charge in [0.05, 0.1) is 13.2 Å². The first-order valence-corrected chi connectivity index (χ1v) is 6.10. The van der Waals surface area contributed by atoms with E-state index in [1.54, 1.807) is 0 Å². The van der Waals surface area contributed by atoms with Crippen LogP contribution in [-0.4, -0.2) is 25.8 Å². The van der Waals surface area contributed by atoms with Crippen molar-refractivity contribution in [2.24, 2.45) is 17.3 Å². The Bertz CT molecular complexity index is 212. The van der Waals surface area contributed by atoms with Crippen LogP contribution in [0.15, 0.2) is 0 Å². The molecule has 2 heteroatoms. The molecule has 1 N–H and O–H groups in total. The van der Waals surface area contributed by atoms with Gasteiger partial charge in [-0.15, -0.1) is 0 Å². The standard InChI is InChI=1S/C12H21NO/c1-12(7-14-8-12)6-13-11-9-4-2-3-5-10(9)11/h9-11,13H,2-8H2,1H3. The summed E-state index contributed by atoms with van der Waals surface area (Å²) in [7, 11) is 0. The van der Waals surface area contributed by atoms with Crippen molar-refractivity contribution in [1.82, 2.24) is 5.32 Å². The van der Waals surface area contributed by atoms with Crippen LogP contribution in [-0.2, 0) is 4.74 Å². The molecule has 3 rings (SSSR count). The van der Waals surface area contributed by atoms with Crippen molar-refractivity contribution in [3.63, 3.8) is 0 Å². The lowest BCUT2D eigenvalue weighted by atomic mass is 9.89. The SMILES string of the molecule is CC1(CNC2C3CCCCC32)COC1. The molecular formula is C12H21NO. The maximum absolute atomic E-state index is 5.27. The topological polar surface area (TPSA) is 21.3 Å². The van der Waals surface area contributed by atoms with E-state index in [4.69, 9.17) is 4.74 Å². The van der Waals surface area contributed by atoms with Crippen LogP contribution >= 0.6 is 0 Å². The first-order valence-electron chi connectivity index (χ1n) is 6.10. The molecule has 2 saturated carbocycles. The summed E-state index contributed by atoms with van der Waals surface area (Å²) < 4.78 is 5.27. The lowest BCUT2D eigenvalue weighted by molar-refractivity contribution is -0.0993. The van der Waals surface area contributed by atoms with Gasteiger partial charge in [0, 0.05) is 18.0 Å². The molecule has 0 bridgehead atoms. The smallest absolute Gasteiger partial charge is 0.0554 e. The van der Waals surface area contributed by atoms with Crippen LogP contribution in [0.25, 0.3) is 0 Å². The van der Waals surface area contributed by atoms with Crippen LogP contribution in [0.1, 0.15) is 32.6 Å². The zero-order chi connectivity index (χ0) is 9.60. The average molecular weight is 195 g/mol. The molecule has 1 aliphatic heterocycles. The van der Waals surface area contributed by atoms with Crippen molar-refractivity contribution in [2.45, 2.75) is 38.6 Å². The van der Waals surface area contributed by atoms with Crippen LogP contribution in [0.5, 0.6) is 0 Å². The summed E-state index contributed by atoms with van der Waals surface area (Å²) in [5, 5.41) is 3.76. The maximum Gasteiger partial charge on any atom is 0.0554 e. The number of hydrogen-bond acceptors (Lipinski definition) is 2. The molecule has 3 aliphatic rings. The molecule has 0 aromatic heterocycles. The van der Waals surface area contributed by atoms with Crippen LogP contribution < -0.4 is 5.32 Å². The van der Waals surface area contributed by atoms with Gasteiger partial charge in [0.1, 0.15) is 0 Å². The molecule has 0 amide bonds. The third-order valence-electron chi connectivity index (χ3n) is 4.32. The fourth-order valence-corrected chi connectivity index (χ4v) is 3.21. The summed E-state index contributed by atoms with van der Waals surface area (Å²) in [6.45, 7) is 5.42. The monoisotopic (exact) mass is 195 g/mol.